The Balaban J connectivity index is 1.56. The molecule has 0 saturated heterocycles. The van der Waals surface area contributed by atoms with Gasteiger partial charge in [0.25, 0.3) is 0 Å². The number of hydrogen-bond acceptors (Lipinski definition) is 3. The molecular weight excluding hydrogens is 298 g/mol. The second-order valence-corrected chi connectivity index (χ2v) is 10.2. The number of hydrogen-bond donors (Lipinski definition) is 0. The van der Waals surface area contributed by atoms with Crippen molar-refractivity contribution in [3.8, 4) is 0 Å². The van der Waals surface area contributed by atoms with Gasteiger partial charge in [-0.05, 0) is 81.2 Å². The third kappa shape index (κ3) is 1.59. The molecule has 132 valence electrons. The SMILES string of the molecule is CN(C)C1C[C@@H]2[C@H](CC[C@]3(C)C(=O)CC[C@@H]23)[C@@]23CCC(=O)C[C@@]12C3. The second kappa shape index (κ2) is 4.52. The fraction of sp³-hybridized carbons (Fsp3) is 0.905. The van der Waals surface area contributed by atoms with E-state index in [4.69, 9.17) is 0 Å². The molecule has 5 saturated carbocycles. The lowest BCUT2D eigenvalue weighted by molar-refractivity contribution is -0.138. The summed E-state index contributed by atoms with van der Waals surface area (Å²) < 4.78 is 0. The summed E-state index contributed by atoms with van der Waals surface area (Å²) in [6, 6.07) is 0.543. The summed E-state index contributed by atoms with van der Waals surface area (Å²) in [4.78, 5) is 27.3. The first-order valence-electron chi connectivity index (χ1n) is 10.1. The fourth-order valence-corrected chi connectivity index (χ4v) is 8.41. The molecule has 5 aliphatic carbocycles. The smallest absolute Gasteiger partial charge is 0.139 e. The standard InChI is InChI=1S/C21H31NO2/c1-19-8-7-16-14(15(19)4-5-18(19)24)10-17(22(2)3)21-11-13(23)6-9-20(16,21)12-21/h14-17H,4-12H2,1-3H3/t14-,15-,16-,17?,19-,20-,21+/m0/s1. The van der Waals surface area contributed by atoms with Gasteiger partial charge in [-0.2, -0.15) is 0 Å². The molecule has 0 N–H and O–H groups in total. The number of nitrogens with zero attached hydrogens (tertiary/aromatic N) is 1. The fourth-order valence-electron chi connectivity index (χ4n) is 8.41. The summed E-state index contributed by atoms with van der Waals surface area (Å²) in [5, 5.41) is 0. The summed E-state index contributed by atoms with van der Waals surface area (Å²) in [6.07, 6.45) is 9.57. The van der Waals surface area contributed by atoms with Gasteiger partial charge >= 0.3 is 0 Å². The molecule has 5 rings (SSSR count). The van der Waals surface area contributed by atoms with Crippen LogP contribution in [-0.2, 0) is 9.59 Å². The van der Waals surface area contributed by atoms with Gasteiger partial charge in [-0.3, -0.25) is 9.59 Å². The Morgan fingerprint density at radius 3 is 2.54 bits per heavy atom. The van der Waals surface area contributed by atoms with Crippen molar-refractivity contribution >= 4 is 11.6 Å². The van der Waals surface area contributed by atoms with Gasteiger partial charge in [-0.15, -0.1) is 0 Å². The van der Waals surface area contributed by atoms with Crippen LogP contribution in [0.5, 0.6) is 0 Å². The quantitative estimate of drug-likeness (QED) is 0.739. The van der Waals surface area contributed by atoms with Crippen molar-refractivity contribution in [1.82, 2.24) is 4.90 Å². The molecule has 5 fully saturated rings. The highest BCUT2D eigenvalue weighted by Crippen LogP contribution is 2.82. The molecule has 3 nitrogen and oxygen atoms in total. The van der Waals surface area contributed by atoms with Crippen LogP contribution < -0.4 is 0 Å². The van der Waals surface area contributed by atoms with Crippen molar-refractivity contribution in [2.45, 2.75) is 70.8 Å². The van der Waals surface area contributed by atoms with Crippen LogP contribution in [0.2, 0.25) is 0 Å². The molecule has 0 aromatic rings. The Morgan fingerprint density at radius 2 is 1.79 bits per heavy atom. The minimum atomic E-state index is -0.0337. The molecule has 0 aromatic heterocycles. The first-order chi connectivity index (χ1) is 11.3. The molecule has 0 bridgehead atoms. The highest BCUT2D eigenvalue weighted by Gasteiger charge is 2.79. The van der Waals surface area contributed by atoms with E-state index in [1.807, 2.05) is 0 Å². The van der Waals surface area contributed by atoms with E-state index in [0.717, 1.165) is 44.4 Å². The largest absolute Gasteiger partial charge is 0.306 e. The molecule has 5 aliphatic rings. The molecule has 3 heteroatoms. The monoisotopic (exact) mass is 329 g/mol. The Labute approximate surface area is 145 Å². The predicted octanol–water partition coefficient (Wildman–Crippen LogP) is 3.46. The first kappa shape index (κ1) is 15.5. The van der Waals surface area contributed by atoms with E-state index < -0.39 is 0 Å². The molecule has 0 aromatic carbocycles. The van der Waals surface area contributed by atoms with E-state index in [2.05, 4.69) is 25.9 Å². The molecule has 0 radical (unpaired) electrons. The third-order valence-electron chi connectivity index (χ3n) is 9.47. The molecule has 0 amide bonds. The van der Waals surface area contributed by atoms with Crippen molar-refractivity contribution in [3.05, 3.63) is 0 Å². The minimum Gasteiger partial charge on any atom is -0.306 e. The average Bonchev–Trinajstić information content (AvgIpc) is 3.13. The van der Waals surface area contributed by atoms with Crippen LogP contribution in [0, 0.1) is 34.0 Å². The molecule has 0 aliphatic heterocycles. The molecule has 1 unspecified atom stereocenters. The Kier molecular flexibility index (Phi) is 2.93. The maximum atomic E-state index is 12.6. The van der Waals surface area contributed by atoms with Gasteiger partial charge in [0, 0.05) is 30.7 Å². The summed E-state index contributed by atoms with van der Waals surface area (Å²) in [7, 11) is 4.42. The number of carbonyl (C=O) groups is 2. The minimum absolute atomic E-state index is 0.0337. The van der Waals surface area contributed by atoms with Crippen LogP contribution in [0.25, 0.3) is 0 Å². The lowest BCUT2D eigenvalue weighted by Crippen LogP contribution is -2.56. The molecule has 0 heterocycles. The van der Waals surface area contributed by atoms with Crippen molar-refractivity contribution < 1.29 is 9.59 Å². The highest BCUT2D eigenvalue weighted by atomic mass is 16.1. The molecular formula is C21H31NO2. The predicted molar refractivity (Wildman–Crippen MR) is 92.5 cm³/mol. The topological polar surface area (TPSA) is 37.4 Å². The number of ketones is 2. The highest BCUT2D eigenvalue weighted by molar-refractivity contribution is 5.87. The van der Waals surface area contributed by atoms with Crippen LogP contribution in [0.3, 0.4) is 0 Å². The van der Waals surface area contributed by atoms with E-state index in [9.17, 15) is 9.59 Å². The van der Waals surface area contributed by atoms with Crippen LogP contribution in [0.4, 0.5) is 0 Å². The summed E-state index contributed by atoms with van der Waals surface area (Å²) in [5.41, 5.74) is 0.684. The van der Waals surface area contributed by atoms with Crippen molar-refractivity contribution in [2.24, 2.45) is 34.0 Å². The van der Waals surface area contributed by atoms with Gasteiger partial charge in [0.15, 0.2) is 0 Å². The van der Waals surface area contributed by atoms with Gasteiger partial charge in [0.1, 0.15) is 11.6 Å². The van der Waals surface area contributed by atoms with Gasteiger partial charge < -0.3 is 4.90 Å². The normalized spacial score (nSPS) is 55.7. The van der Waals surface area contributed by atoms with Crippen molar-refractivity contribution in [1.29, 1.82) is 0 Å². The van der Waals surface area contributed by atoms with E-state index in [-0.39, 0.29) is 10.8 Å². The Morgan fingerprint density at radius 1 is 1.00 bits per heavy atom. The lowest BCUT2D eigenvalue weighted by atomic mass is 9.49. The van der Waals surface area contributed by atoms with Crippen LogP contribution >= 0.6 is 0 Å². The zero-order chi connectivity index (χ0) is 16.9. The zero-order valence-electron chi connectivity index (χ0n) is 15.4. The molecule has 24 heavy (non-hydrogen) atoms. The average molecular weight is 329 g/mol. The van der Waals surface area contributed by atoms with E-state index in [1.165, 1.54) is 19.3 Å². The zero-order valence-corrected chi connectivity index (χ0v) is 15.4. The van der Waals surface area contributed by atoms with Crippen LogP contribution in [0.1, 0.15) is 64.7 Å². The maximum absolute atomic E-state index is 12.6. The summed E-state index contributed by atoms with van der Waals surface area (Å²) in [5.74, 6) is 3.15. The lowest BCUT2D eigenvalue weighted by Gasteiger charge is -2.57. The number of rotatable bonds is 1. The summed E-state index contributed by atoms with van der Waals surface area (Å²) in [6.45, 7) is 2.27. The maximum Gasteiger partial charge on any atom is 0.139 e. The number of carbonyl (C=O) groups excluding carboxylic acids is 2. The van der Waals surface area contributed by atoms with E-state index >= 15 is 0 Å². The van der Waals surface area contributed by atoms with Gasteiger partial charge in [-0.25, -0.2) is 0 Å². The van der Waals surface area contributed by atoms with Crippen LogP contribution in [0.15, 0.2) is 0 Å². The molecule has 7 atom stereocenters. The second-order valence-electron chi connectivity index (χ2n) is 10.2. The van der Waals surface area contributed by atoms with E-state index in [1.54, 1.807) is 0 Å². The first-order valence-corrected chi connectivity index (χ1v) is 10.1. The Hall–Kier alpha value is -0.700. The van der Waals surface area contributed by atoms with Gasteiger partial charge in [0.05, 0.1) is 0 Å². The molecule has 0 spiro atoms. The Bertz CT molecular complexity index is 627. The number of fused-ring (bicyclic) bond motifs is 3. The number of Topliss-reactive ketones (excluding diaryl/α,β-unsaturated/α-hetero) is 2. The van der Waals surface area contributed by atoms with Crippen molar-refractivity contribution in [3.63, 3.8) is 0 Å². The van der Waals surface area contributed by atoms with Crippen LogP contribution in [-0.4, -0.2) is 36.6 Å². The van der Waals surface area contributed by atoms with Gasteiger partial charge in [0.2, 0.25) is 0 Å². The van der Waals surface area contributed by atoms with Crippen molar-refractivity contribution in [2.75, 3.05) is 14.1 Å². The van der Waals surface area contributed by atoms with E-state index in [0.29, 0.717) is 34.9 Å². The van der Waals surface area contributed by atoms with Gasteiger partial charge in [-0.1, -0.05) is 6.92 Å². The third-order valence-corrected chi connectivity index (χ3v) is 9.47. The summed E-state index contributed by atoms with van der Waals surface area (Å²) >= 11 is 0.